The summed E-state index contributed by atoms with van der Waals surface area (Å²) in [6.45, 7) is 6.44. The van der Waals surface area contributed by atoms with E-state index >= 15 is 0 Å². The fourth-order valence-electron chi connectivity index (χ4n) is 3.37. The molecule has 7 nitrogen and oxygen atoms in total. The van der Waals surface area contributed by atoms with Crippen LogP contribution in [0, 0.1) is 11.7 Å². The van der Waals surface area contributed by atoms with Gasteiger partial charge in [0.05, 0.1) is 6.67 Å². The van der Waals surface area contributed by atoms with E-state index in [1.54, 1.807) is 12.4 Å². The molecule has 0 bridgehead atoms. The molecule has 0 saturated carbocycles. The van der Waals surface area contributed by atoms with Crippen molar-refractivity contribution in [3.8, 4) is 11.4 Å². The standard InChI is InChI=1S/C19H23N7S/c1-15-6-3-4-7-16(15)17-22-26(19(27)23(17)2)14-24-10-12-25(13-11-24)18-20-8-5-9-21-18/h3-9H,10-14H2,1-2H3. The zero-order chi connectivity index (χ0) is 18.8. The predicted octanol–water partition coefficient (Wildman–Crippen LogP) is 2.50. The molecule has 3 aromatic rings. The van der Waals surface area contributed by atoms with Gasteiger partial charge >= 0.3 is 0 Å². The van der Waals surface area contributed by atoms with Gasteiger partial charge in [-0.25, -0.2) is 14.6 Å². The summed E-state index contributed by atoms with van der Waals surface area (Å²) < 4.78 is 4.65. The molecule has 0 amide bonds. The Hall–Kier alpha value is -2.58. The number of piperazine rings is 1. The van der Waals surface area contributed by atoms with Crippen LogP contribution < -0.4 is 4.90 Å². The largest absolute Gasteiger partial charge is 0.338 e. The van der Waals surface area contributed by atoms with Crippen LogP contribution in [0.25, 0.3) is 11.4 Å². The summed E-state index contributed by atoms with van der Waals surface area (Å²) in [7, 11) is 1.98. The van der Waals surface area contributed by atoms with Gasteiger partial charge in [0.2, 0.25) is 5.95 Å². The van der Waals surface area contributed by atoms with Gasteiger partial charge in [0.15, 0.2) is 10.6 Å². The molecular weight excluding hydrogens is 358 g/mol. The minimum absolute atomic E-state index is 0.696. The molecule has 3 heterocycles. The van der Waals surface area contributed by atoms with Crippen molar-refractivity contribution in [3.05, 3.63) is 53.1 Å². The Morgan fingerprint density at radius 1 is 1.00 bits per heavy atom. The normalized spacial score (nSPS) is 15.3. The van der Waals surface area contributed by atoms with Crippen molar-refractivity contribution in [2.75, 3.05) is 31.1 Å². The Balaban J connectivity index is 1.47. The van der Waals surface area contributed by atoms with Gasteiger partial charge in [-0.3, -0.25) is 4.90 Å². The Labute approximate surface area is 163 Å². The third kappa shape index (κ3) is 3.63. The van der Waals surface area contributed by atoms with Crippen molar-refractivity contribution >= 4 is 18.2 Å². The highest BCUT2D eigenvalue weighted by Crippen LogP contribution is 2.21. The average Bonchev–Trinajstić information content (AvgIpc) is 2.98. The summed E-state index contributed by atoms with van der Waals surface area (Å²) in [4.78, 5) is 13.3. The summed E-state index contributed by atoms with van der Waals surface area (Å²) in [5, 5.41) is 4.81. The van der Waals surface area contributed by atoms with Crippen LogP contribution >= 0.6 is 12.2 Å². The SMILES string of the molecule is Cc1ccccc1-c1nn(CN2CCN(c3ncccn3)CC2)c(=S)n1C. The van der Waals surface area contributed by atoms with Gasteiger partial charge in [-0.15, -0.1) is 0 Å². The maximum Gasteiger partial charge on any atom is 0.225 e. The number of nitrogens with zero attached hydrogens (tertiary/aromatic N) is 7. The molecule has 0 aliphatic carbocycles. The molecule has 4 rings (SSSR count). The molecule has 0 unspecified atom stereocenters. The Morgan fingerprint density at radius 2 is 1.70 bits per heavy atom. The predicted molar refractivity (Wildman–Crippen MR) is 108 cm³/mol. The molecule has 2 aromatic heterocycles. The molecule has 0 N–H and O–H groups in total. The smallest absolute Gasteiger partial charge is 0.225 e. The lowest BCUT2D eigenvalue weighted by Crippen LogP contribution is -2.47. The topological polar surface area (TPSA) is 55.0 Å². The van der Waals surface area contributed by atoms with Crippen LogP contribution in [0.15, 0.2) is 42.7 Å². The molecule has 0 radical (unpaired) electrons. The van der Waals surface area contributed by atoms with Crippen LogP contribution in [0.4, 0.5) is 5.95 Å². The van der Waals surface area contributed by atoms with E-state index in [0.717, 1.165) is 48.3 Å². The minimum atomic E-state index is 0.696. The number of hydrogen-bond acceptors (Lipinski definition) is 6. The second-order valence-electron chi connectivity index (χ2n) is 6.77. The fraction of sp³-hybridized carbons (Fsp3) is 0.368. The first-order valence-corrected chi connectivity index (χ1v) is 9.48. The summed E-state index contributed by atoms with van der Waals surface area (Å²) >= 11 is 5.63. The Bertz CT molecular complexity index is 971. The van der Waals surface area contributed by atoms with Crippen molar-refractivity contribution in [1.82, 2.24) is 29.2 Å². The van der Waals surface area contributed by atoms with E-state index in [2.05, 4.69) is 38.8 Å². The molecular formula is C19H23N7S. The van der Waals surface area contributed by atoms with Crippen LogP contribution in [-0.2, 0) is 13.7 Å². The minimum Gasteiger partial charge on any atom is -0.338 e. The van der Waals surface area contributed by atoms with Crippen LogP contribution in [0.3, 0.4) is 0 Å². The summed E-state index contributed by atoms with van der Waals surface area (Å²) in [6.07, 6.45) is 3.57. The molecule has 8 heteroatoms. The third-order valence-electron chi connectivity index (χ3n) is 4.97. The van der Waals surface area contributed by atoms with Gasteiger partial charge in [0.1, 0.15) is 0 Å². The van der Waals surface area contributed by atoms with Crippen molar-refractivity contribution in [3.63, 3.8) is 0 Å². The molecule has 1 aromatic carbocycles. The van der Waals surface area contributed by atoms with Crippen molar-refractivity contribution in [2.24, 2.45) is 7.05 Å². The lowest BCUT2D eigenvalue weighted by molar-refractivity contribution is 0.193. The Kier molecular flexibility index (Phi) is 5.00. The van der Waals surface area contributed by atoms with Gasteiger partial charge < -0.3 is 9.47 Å². The molecule has 140 valence electrons. The highest BCUT2D eigenvalue weighted by molar-refractivity contribution is 7.71. The molecule has 0 atom stereocenters. The number of hydrogen-bond donors (Lipinski definition) is 0. The maximum absolute atomic E-state index is 5.63. The monoisotopic (exact) mass is 381 g/mol. The van der Waals surface area contributed by atoms with E-state index in [1.165, 1.54) is 5.56 Å². The first-order chi connectivity index (χ1) is 13.1. The van der Waals surface area contributed by atoms with Gasteiger partial charge in [0, 0.05) is 51.2 Å². The van der Waals surface area contributed by atoms with Gasteiger partial charge in [-0.1, -0.05) is 24.3 Å². The molecule has 1 aliphatic heterocycles. The van der Waals surface area contributed by atoms with Crippen molar-refractivity contribution in [1.29, 1.82) is 0 Å². The Morgan fingerprint density at radius 3 is 2.41 bits per heavy atom. The fourth-order valence-corrected chi connectivity index (χ4v) is 3.56. The molecule has 1 saturated heterocycles. The first-order valence-electron chi connectivity index (χ1n) is 9.07. The number of aryl methyl sites for hydroxylation is 1. The second kappa shape index (κ2) is 7.58. The van der Waals surface area contributed by atoms with E-state index in [9.17, 15) is 0 Å². The van der Waals surface area contributed by atoms with Crippen LogP contribution in [0.1, 0.15) is 5.56 Å². The van der Waals surface area contributed by atoms with E-state index in [1.807, 2.05) is 34.5 Å². The summed E-state index contributed by atoms with van der Waals surface area (Å²) in [6, 6.07) is 10.1. The average molecular weight is 382 g/mol. The van der Waals surface area contributed by atoms with E-state index < -0.39 is 0 Å². The maximum atomic E-state index is 5.63. The number of benzene rings is 1. The van der Waals surface area contributed by atoms with Crippen LogP contribution in [0.2, 0.25) is 0 Å². The van der Waals surface area contributed by atoms with Crippen LogP contribution in [-0.4, -0.2) is 55.4 Å². The lowest BCUT2D eigenvalue weighted by Gasteiger charge is -2.34. The first kappa shape index (κ1) is 17.8. The summed E-state index contributed by atoms with van der Waals surface area (Å²) in [5.74, 6) is 1.71. The van der Waals surface area contributed by atoms with Gasteiger partial charge in [-0.05, 0) is 30.8 Å². The van der Waals surface area contributed by atoms with Crippen LogP contribution in [0.5, 0.6) is 0 Å². The van der Waals surface area contributed by atoms with Crippen molar-refractivity contribution in [2.45, 2.75) is 13.6 Å². The van der Waals surface area contributed by atoms with E-state index in [-0.39, 0.29) is 0 Å². The number of rotatable bonds is 4. The van der Waals surface area contributed by atoms with E-state index in [0.29, 0.717) is 6.67 Å². The molecule has 1 fully saturated rings. The lowest BCUT2D eigenvalue weighted by atomic mass is 10.1. The quantitative estimate of drug-likeness (QED) is 0.647. The molecule has 1 aliphatic rings. The zero-order valence-corrected chi connectivity index (χ0v) is 16.4. The molecule has 0 spiro atoms. The van der Waals surface area contributed by atoms with Gasteiger partial charge in [0.25, 0.3) is 0 Å². The van der Waals surface area contributed by atoms with Gasteiger partial charge in [-0.2, -0.15) is 5.10 Å². The second-order valence-corrected chi connectivity index (χ2v) is 7.14. The van der Waals surface area contributed by atoms with Crippen molar-refractivity contribution < 1.29 is 0 Å². The third-order valence-corrected chi connectivity index (χ3v) is 5.45. The highest BCUT2D eigenvalue weighted by atomic mass is 32.1. The van der Waals surface area contributed by atoms with E-state index in [4.69, 9.17) is 17.3 Å². The molecule has 27 heavy (non-hydrogen) atoms. The summed E-state index contributed by atoms with van der Waals surface area (Å²) in [5.41, 5.74) is 2.32. The number of anilines is 1. The zero-order valence-electron chi connectivity index (χ0n) is 15.6. The number of aromatic nitrogens is 5. The highest BCUT2D eigenvalue weighted by Gasteiger charge is 2.20.